The number of fused-ring (bicyclic) bond motifs is 1. The van der Waals surface area contributed by atoms with Crippen LogP contribution in [0, 0.1) is 0 Å². The van der Waals surface area contributed by atoms with Crippen molar-refractivity contribution in [3.05, 3.63) is 107 Å². The Morgan fingerprint density at radius 2 is 1.40 bits per heavy atom. The zero-order valence-corrected chi connectivity index (χ0v) is 26.2. The summed E-state index contributed by atoms with van der Waals surface area (Å²) in [6.07, 6.45) is 0.0715. The number of benzene rings is 3. The highest BCUT2D eigenvalue weighted by Crippen LogP contribution is 2.36. The van der Waals surface area contributed by atoms with Gasteiger partial charge in [0, 0.05) is 44.7 Å². The van der Waals surface area contributed by atoms with Gasteiger partial charge in [0.2, 0.25) is 11.8 Å². The lowest BCUT2D eigenvalue weighted by Crippen LogP contribution is -2.62. The molecular formula is C36H35F2N5O5. The molecule has 7 rings (SSSR count). The number of carbonyl (C=O) groups is 5. The number of nitrogens with zero attached hydrogens (tertiary/aromatic N) is 4. The number of piperazine rings is 1. The second kappa shape index (κ2) is 12.7. The predicted molar refractivity (Wildman–Crippen MR) is 170 cm³/mol. The van der Waals surface area contributed by atoms with Gasteiger partial charge < -0.3 is 4.90 Å². The van der Waals surface area contributed by atoms with Crippen LogP contribution in [0.25, 0.3) is 0 Å². The minimum absolute atomic E-state index is 0.00162. The quantitative estimate of drug-likeness (QED) is 0.406. The van der Waals surface area contributed by atoms with Crippen LogP contribution in [0.4, 0.5) is 8.78 Å². The van der Waals surface area contributed by atoms with Gasteiger partial charge in [0.15, 0.2) is 0 Å². The first-order valence-electron chi connectivity index (χ1n) is 16.2. The molecule has 3 aromatic carbocycles. The van der Waals surface area contributed by atoms with Crippen molar-refractivity contribution in [1.29, 1.82) is 0 Å². The second-order valence-electron chi connectivity index (χ2n) is 12.8. The largest absolute Gasteiger partial charge is 0.332 e. The zero-order valence-electron chi connectivity index (χ0n) is 26.2. The molecule has 3 aromatic rings. The Balaban J connectivity index is 1.01. The molecule has 2 unspecified atom stereocenters. The Bertz CT molecular complexity index is 1720. The summed E-state index contributed by atoms with van der Waals surface area (Å²) in [6, 6.07) is 22.1. The van der Waals surface area contributed by atoms with Crippen LogP contribution in [0.3, 0.4) is 0 Å². The summed E-state index contributed by atoms with van der Waals surface area (Å²) < 4.78 is 31.6. The van der Waals surface area contributed by atoms with Gasteiger partial charge in [-0.1, -0.05) is 60.7 Å². The number of nitrogens with one attached hydrogen (secondary N) is 1. The second-order valence-corrected chi connectivity index (χ2v) is 12.8. The van der Waals surface area contributed by atoms with Crippen LogP contribution in [0.2, 0.25) is 0 Å². The molecule has 10 nitrogen and oxygen atoms in total. The number of piperidine rings is 2. The first-order valence-corrected chi connectivity index (χ1v) is 16.2. The third kappa shape index (κ3) is 5.79. The van der Waals surface area contributed by atoms with E-state index in [9.17, 15) is 24.0 Å². The fourth-order valence-electron chi connectivity index (χ4n) is 7.53. The van der Waals surface area contributed by atoms with Crippen molar-refractivity contribution in [2.24, 2.45) is 0 Å². The van der Waals surface area contributed by atoms with Crippen LogP contribution in [0.5, 0.6) is 0 Å². The fraction of sp³-hybridized carbons (Fsp3) is 0.361. The smallest absolute Gasteiger partial charge is 0.280 e. The molecule has 0 aliphatic carbocycles. The number of amides is 5. The molecule has 4 aliphatic heterocycles. The summed E-state index contributed by atoms with van der Waals surface area (Å²) in [6.45, 7) is 1.51. The van der Waals surface area contributed by atoms with Gasteiger partial charge in [0.25, 0.3) is 23.6 Å². The van der Waals surface area contributed by atoms with E-state index >= 15 is 8.78 Å². The molecule has 4 aliphatic rings. The molecule has 0 aromatic heterocycles. The van der Waals surface area contributed by atoms with Crippen LogP contribution in [-0.2, 0) is 9.59 Å². The number of likely N-dealkylation sites (tertiary alicyclic amines) is 1. The van der Waals surface area contributed by atoms with E-state index in [2.05, 4.69) is 34.5 Å². The zero-order chi connectivity index (χ0) is 33.6. The van der Waals surface area contributed by atoms with Crippen molar-refractivity contribution in [3.63, 3.8) is 0 Å². The predicted octanol–water partition coefficient (Wildman–Crippen LogP) is 3.34. The van der Waals surface area contributed by atoms with Crippen molar-refractivity contribution in [2.75, 3.05) is 39.3 Å². The number of imide groups is 2. The number of halogens is 2. The molecule has 12 heteroatoms. The molecule has 2 atom stereocenters. The summed E-state index contributed by atoms with van der Waals surface area (Å²) >= 11 is 0. The van der Waals surface area contributed by atoms with E-state index in [1.165, 1.54) is 18.2 Å². The van der Waals surface area contributed by atoms with E-state index in [-0.39, 0.29) is 48.5 Å². The van der Waals surface area contributed by atoms with E-state index in [1.54, 1.807) is 0 Å². The van der Waals surface area contributed by atoms with E-state index in [4.69, 9.17) is 0 Å². The molecule has 248 valence electrons. The maximum Gasteiger partial charge on any atom is 0.280 e. The summed E-state index contributed by atoms with van der Waals surface area (Å²) in [5.74, 6) is -6.51. The topological polar surface area (TPSA) is 110 Å². The summed E-state index contributed by atoms with van der Waals surface area (Å²) in [7, 11) is 0. The van der Waals surface area contributed by atoms with Gasteiger partial charge in [-0.25, -0.2) is 8.78 Å². The first kappa shape index (κ1) is 31.8. The molecule has 0 spiro atoms. The van der Waals surface area contributed by atoms with E-state index in [0.29, 0.717) is 26.2 Å². The van der Waals surface area contributed by atoms with Crippen LogP contribution >= 0.6 is 0 Å². The van der Waals surface area contributed by atoms with E-state index < -0.39 is 54.1 Å². The third-order valence-corrected chi connectivity index (χ3v) is 9.92. The van der Waals surface area contributed by atoms with Crippen molar-refractivity contribution >= 4 is 29.5 Å². The SMILES string of the molecule is O=C1CCC(N2C(=O)c3ccc(C(=O)N4CCC(N5CCN(C(c6ccccc6)c6ccccc6)CC5)C(F)(F)C4)cc3C2=O)C(=O)N1. The average molecular weight is 656 g/mol. The van der Waals surface area contributed by atoms with Gasteiger partial charge in [-0.2, -0.15) is 0 Å². The molecule has 48 heavy (non-hydrogen) atoms. The first-order chi connectivity index (χ1) is 23.1. The molecule has 3 fully saturated rings. The summed E-state index contributed by atoms with van der Waals surface area (Å²) in [5.41, 5.74) is 2.26. The van der Waals surface area contributed by atoms with Crippen LogP contribution < -0.4 is 5.32 Å². The number of carbonyl (C=O) groups excluding carboxylic acids is 5. The Morgan fingerprint density at radius 3 is 2.00 bits per heavy atom. The highest BCUT2D eigenvalue weighted by atomic mass is 19.3. The Morgan fingerprint density at radius 1 is 0.771 bits per heavy atom. The molecule has 1 N–H and O–H groups in total. The Hall–Kier alpha value is -4.81. The van der Waals surface area contributed by atoms with Crippen molar-refractivity contribution < 1.29 is 32.8 Å². The molecule has 4 heterocycles. The third-order valence-electron chi connectivity index (χ3n) is 9.92. The lowest BCUT2D eigenvalue weighted by Gasteiger charge is -2.47. The minimum atomic E-state index is -3.17. The summed E-state index contributed by atoms with van der Waals surface area (Å²) in [5, 5.41) is 2.14. The van der Waals surface area contributed by atoms with Gasteiger partial charge in [0.05, 0.1) is 29.8 Å². The van der Waals surface area contributed by atoms with Crippen LogP contribution in [0.15, 0.2) is 78.9 Å². The van der Waals surface area contributed by atoms with E-state index in [1.807, 2.05) is 41.3 Å². The maximum absolute atomic E-state index is 15.8. The van der Waals surface area contributed by atoms with Crippen molar-refractivity contribution in [3.8, 4) is 0 Å². The fourth-order valence-corrected chi connectivity index (χ4v) is 7.53. The minimum Gasteiger partial charge on any atom is -0.332 e. The number of hydrogen-bond donors (Lipinski definition) is 1. The molecular weight excluding hydrogens is 620 g/mol. The molecule has 0 saturated carbocycles. The monoisotopic (exact) mass is 655 g/mol. The van der Waals surface area contributed by atoms with Crippen LogP contribution in [0.1, 0.15) is 67.5 Å². The molecule has 0 bridgehead atoms. The molecule has 0 radical (unpaired) electrons. The number of hydrogen-bond acceptors (Lipinski definition) is 7. The number of rotatable bonds is 6. The van der Waals surface area contributed by atoms with Crippen molar-refractivity contribution in [1.82, 2.24) is 24.9 Å². The highest BCUT2D eigenvalue weighted by molar-refractivity contribution is 6.24. The van der Waals surface area contributed by atoms with Gasteiger partial charge >= 0.3 is 0 Å². The summed E-state index contributed by atoms with van der Waals surface area (Å²) in [4.78, 5) is 69.7. The Kier molecular flexibility index (Phi) is 8.38. The normalized spacial score (nSPS) is 23.4. The number of alkyl halides is 2. The maximum atomic E-state index is 15.8. The highest BCUT2D eigenvalue weighted by Gasteiger charge is 2.50. The van der Waals surface area contributed by atoms with Gasteiger partial charge in [-0.3, -0.25) is 44.0 Å². The lowest BCUT2D eigenvalue weighted by molar-refractivity contribution is -0.136. The molecule has 3 saturated heterocycles. The molecule has 5 amide bonds. The lowest BCUT2D eigenvalue weighted by atomic mass is 9.94. The van der Waals surface area contributed by atoms with Crippen molar-refractivity contribution in [2.45, 2.75) is 43.3 Å². The van der Waals surface area contributed by atoms with Gasteiger partial charge in [-0.15, -0.1) is 0 Å². The van der Waals surface area contributed by atoms with Crippen LogP contribution in [-0.4, -0.2) is 106 Å². The average Bonchev–Trinajstić information content (AvgIpc) is 3.34. The van der Waals surface area contributed by atoms with Gasteiger partial charge in [-0.05, 0) is 42.2 Å². The van der Waals surface area contributed by atoms with E-state index in [0.717, 1.165) is 20.9 Å². The Labute approximate surface area is 276 Å². The standard InChI is InChI=1S/C36H35F2N5O5/c37-36(38)22-42(33(46)25-11-12-26-27(21-25)35(48)43(34(26)47)28-13-14-30(44)39-32(28)45)16-15-29(36)40-17-19-41(20-18-40)31(23-7-3-1-4-8-23)24-9-5-2-6-10-24/h1-12,21,28-29,31H,13-20,22H2,(H,39,44,45). The van der Waals surface area contributed by atoms with Gasteiger partial charge in [0.1, 0.15) is 6.04 Å².